The summed E-state index contributed by atoms with van der Waals surface area (Å²) in [5, 5.41) is 23.6. The van der Waals surface area contributed by atoms with Gasteiger partial charge in [0.15, 0.2) is 5.82 Å². The molecule has 2 aromatic carbocycles. The number of nitrogens with one attached hydrogen (secondary N) is 1. The number of aromatic nitrogens is 3. The SMILES string of the molecule is Cc1c(Nc2nccc3cc(CN4CC[C@@H](O)C4)cnc23)cccc1-c1cccc(-c2nc3c(o2)CN(C(=O)CN2CC(C(=O)O)C2)C3)c1C. The fraction of sp³-hybridized carbons (Fsp3) is 0.342. The van der Waals surface area contributed by atoms with E-state index in [1.165, 1.54) is 0 Å². The number of rotatable bonds is 9. The van der Waals surface area contributed by atoms with E-state index < -0.39 is 11.9 Å². The van der Waals surface area contributed by atoms with Crippen LogP contribution in [0.4, 0.5) is 11.5 Å². The standard InChI is InChI=1S/C38H39N7O5/c1-22-28(5-3-7-30(22)37-42-32-19-45(20-33(32)50-37)34(47)21-44-16-26(17-44)38(48)49)29-6-4-8-31(23(29)2)41-36-35-25(9-11-39-36)13-24(14-40-35)15-43-12-10-27(46)18-43/h3-9,11,13-14,26-27,46H,10,12,15-21H2,1-2H3,(H,39,41)(H,48,49)/t27-/m1/s1. The second kappa shape index (κ2) is 12.9. The molecular weight excluding hydrogens is 634 g/mol. The largest absolute Gasteiger partial charge is 0.481 e. The van der Waals surface area contributed by atoms with Crippen LogP contribution in [0.2, 0.25) is 0 Å². The van der Waals surface area contributed by atoms with E-state index in [4.69, 9.17) is 19.5 Å². The molecule has 0 unspecified atom stereocenters. The van der Waals surface area contributed by atoms with Crippen molar-refractivity contribution in [1.29, 1.82) is 0 Å². The number of pyridine rings is 2. The predicted molar refractivity (Wildman–Crippen MR) is 187 cm³/mol. The Labute approximate surface area is 289 Å². The number of oxazole rings is 1. The first-order valence-electron chi connectivity index (χ1n) is 17.0. The molecule has 0 bridgehead atoms. The highest BCUT2D eigenvalue weighted by atomic mass is 16.4. The van der Waals surface area contributed by atoms with E-state index in [1.807, 2.05) is 41.4 Å². The summed E-state index contributed by atoms with van der Waals surface area (Å²) in [4.78, 5) is 44.0. The molecule has 256 valence electrons. The fourth-order valence-corrected chi connectivity index (χ4v) is 7.33. The van der Waals surface area contributed by atoms with Gasteiger partial charge < -0.3 is 24.8 Å². The van der Waals surface area contributed by atoms with Gasteiger partial charge in [-0.1, -0.05) is 24.3 Å². The quantitative estimate of drug-likeness (QED) is 0.199. The molecule has 0 saturated carbocycles. The molecule has 2 saturated heterocycles. The predicted octanol–water partition coefficient (Wildman–Crippen LogP) is 4.74. The Balaban J connectivity index is 0.986. The number of amides is 1. The minimum absolute atomic E-state index is 0.0518. The number of fused-ring (bicyclic) bond motifs is 2. The number of aliphatic carboxylic acids is 1. The van der Waals surface area contributed by atoms with Crippen molar-refractivity contribution in [2.75, 3.05) is 38.0 Å². The molecule has 1 atom stereocenters. The number of carboxylic acids is 1. The molecule has 2 fully saturated rings. The van der Waals surface area contributed by atoms with Crippen LogP contribution in [0.1, 0.15) is 34.6 Å². The monoisotopic (exact) mass is 673 g/mol. The molecule has 1 amide bonds. The summed E-state index contributed by atoms with van der Waals surface area (Å²) >= 11 is 0. The number of carbonyl (C=O) groups is 2. The summed E-state index contributed by atoms with van der Waals surface area (Å²) in [5.41, 5.74) is 8.73. The maximum absolute atomic E-state index is 12.9. The average molecular weight is 674 g/mol. The first-order valence-corrected chi connectivity index (χ1v) is 17.0. The smallest absolute Gasteiger partial charge is 0.309 e. The zero-order chi connectivity index (χ0) is 34.5. The summed E-state index contributed by atoms with van der Waals surface area (Å²) < 4.78 is 6.24. The Hall–Kier alpha value is -5.17. The number of likely N-dealkylation sites (tertiary alicyclic amines) is 2. The van der Waals surface area contributed by atoms with E-state index in [9.17, 15) is 14.7 Å². The van der Waals surface area contributed by atoms with Crippen molar-refractivity contribution in [1.82, 2.24) is 29.7 Å². The molecule has 8 rings (SSSR count). The van der Waals surface area contributed by atoms with Gasteiger partial charge in [-0.3, -0.25) is 24.4 Å². The van der Waals surface area contributed by atoms with Gasteiger partial charge in [0.05, 0.1) is 31.7 Å². The van der Waals surface area contributed by atoms with E-state index in [1.54, 1.807) is 11.1 Å². The third-order valence-corrected chi connectivity index (χ3v) is 10.2. The summed E-state index contributed by atoms with van der Waals surface area (Å²) in [5.74, 6) is 0.650. The van der Waals surface area contributed by atoms with Gasteiger partial charge in [-0.05, 0) is 72.4 Å². The van der Waals surface area contributed by atoms with Crippen molar-refractivity contribution in [3.8, 4) is 22.6 Å². The van der Waals surface area contributed by atoms with Crippen LogP contribution >= 0.6 is 0 Å². The maximum atomic E-state index is 12.9. The lowest BCUT2D eigenvalue weighted by atomic mass is 9.93. The normalized spacial score (nSPS) is 18.1. The minimum Gasteiger partial charge on any atom is -0.481 e. The van der Waals surface area contributed by atoms with Gasteiger partial charge in [-0.2, -0.15) is 0 Å². The summed E-state index contributed by atoms with van der Waals surface area (Å²) in [6.07, 6.45) is 4.26. The topological polar surface area (TPSA) is 148 Å². The van der Waals surface area contributed by atoms with Gasteiger partial charge in [0.1, 0.15) is 17.0 Å². The number of aliphatic hydroxyl groups is 1. The highest BCUT2D eigenvalue weighted by Gasteiger charge is 2.36. The molecule has 12 nitrogen and oxygen atoms in total. The van der Waals surface area contributed by atoms with Gasteiger partial charge in [0, 0.05) is 61.8 Å². The van der Waals surface area contributed by atoms with Gasteiger partial charge in [-0.25, -0.2) is 9.97 Å². The molecule has 6 heterocycles. The molecule has 0 spiro atoms. The van der Waals surface area contributed by atoms with E-state index >= 15 is 0 Å². The van der Waals surface area contributed by atoms with Crippen molar-refractivity contribution in [3.05, 3.63) is 89.1 Å². The van der Waals surface area contributed by atoms with Crippen LogP contribution in [-0.2, 0) is 29.2 Å². The van der Waals surface area contributed by atoms with Crippen LogP contribution in [0.15, 0.2) is 65.3 Å². The van der Waals surface area contributed by atoms with Crippen molar-refractivity contribution in [2.24, 2.45) is 5.92 Å². The first-order chi connectivity index (χ1) is 24.2. The molecule has 3 aliphatic rings. The molecule has 0 aliphatic carbocycles. The molecular formula is C38H39N7O5. The second-order valence-corrected chi connectivity index (χ2v) is 13.7. The van der Waals surface area contributed by atoms with Crippen LogP contribution < -0.4 is 5.32 Å². The van der Waals surface area contributed by atoms with E-state index in [-0.39, 0.29) is 18.6 Å². The van der Waals surface area contributed by atoms with Gasteiger partial charge in [0.25, 0.3) is 0 Å². The van der Waals surface area contributed by atoms with Crippen LogP contribution in [-0.4, -0.2) is 90.6 Å². The average Bonchev–Trinajstić information content (AvgIpc) is 3.79. The van der Waals surface area contributed by atoms with Crippen molar-refractivity contribution < 1.29 is 24.2 Å². The minimum atomic E-state index is -0.814. The molecule has 3 aromatic heterocycles. The summed E-state index contributed by atoms with van der Waals surface area (Å²) in [6, 6.07) is 16.4. The molecule has 50 heavy (non-hydrogen) atoms. The van der Waals surface area contributed by atoms with Gasteiger partial charge >= 0.3 is 5.97 Å². The van der Waals surface area contributed by atoms with E-state index in [0.29, 0.717) is 50.2 Å². The molecule has 3 aliphatic heterocycles. The summed E-state index contributed by atoms with van der Waals surface area (Å²) in [7, 11) is 0. The van der Waals surface area contributed by atoms with Crippen molar-refractivity contribution in [2.45, 2.75) is 46.0 Å². The van der Waals surface area contributed by atoms with Crippen LogP contribution in [0.25, 0.3) is 33.5 Å². The lowest BCUT2D eigenvalue weighted by Crippen LogP contribution is -2.53. The third-order valence-electron chi connectivity index (χ3n) is 10.2. The number of carboxylic acid groups (broad SMARTS) is 1. The lowest BCUT2D eigenvalue weighted by Gasteiger charge is -2.36. The number of carbonyl (C=O) groups excluding carboxylic acids is 1. The number of aliphatic hydroxyl groups excluding tert-OH is 1. The Morgan fingerprint density at radius 2 is 1.74 bits per heavy atom. The van der Waals surface area contributed by atoms with Crippen LogP contribution in [0.3, 0.4) is 0 Å². The molecule has 5 aromatic rings. The Morgan fingerprint density at radius 1 is 0.960 bits per heavy atom. The fourth-order valence-electron chi connectivity index (χ4n) is 7.33. The summed E-state index contributed by atoms with van der Waals surface area (Å²) in [6.45, 7) is 8.25. The number of β-amino-alcohol motifs (C(OH)–C–C–N with tert-alkyl or cyclic N) is 1. The number of hydrogen-bond donors (Lipinski definition) is 3. The highest BCUT2D eigenvalue weighted by molar-refractivity contribution is 5.91. The van der Waals surface area contributed by atoms with Crippen molar-refractivity contribution in [3.63, 3.8) is 0 Å². The van der Waals surface area contributed by atoms with E-state index in [2.05, 4.69) is 47.2 Å². The molecule has 3 N–H and O–H groups in total. The van der Waals surface area contributed by atoms with Gasteiger partial charge in [0.2, 0.25) is 11.8 Å². The zero-order valence-corrected chi connectivity index (χ0v) is 28.1. The maximum Gasteiger partial charge on any atom is 0.309 e. The highest BCUT2D eigenvalue weighted by Crippen LogP contribution is 2.38. The third kappa shape index (κ3) is 6.10. The van der Waals surface area contributed by atoms with E-state index in [0.717, 1.165) is 75.2 Å². The number of hydrogen-bond acceptors (Lipinski definition) is 10. The van der Waals surface area contributed by atoms with Crippen LogP contribution in [0, 0.1) is 19.8 Å². The Morgan fingerprint density at radius 3 is 2.50 bits per heavy atom. The van der Waals surface area contributed by atoms with Crippen LogP contribution in [0.5, 0.6) is 0 Å². The Kier molecular flexibility index (Phi) is 8.30. The number of nitrogens with zero attached hydrogens (tertiary/aromatic N) is 6. The Bertz CT molecular complexity index is 2100. The molecule has 12 heteroatoms. The first kappa shape index (κ1) is 32.1. The second-order valence-electron chi connectivity index (χ2n) is 13.7. The number of anilines is 2. The zero-order valence-electron chi connectivity index (χ0n) is 28.1. The van der Waals surface area contributed by atoms with Gasteiger partial charge in [-0.15, -0.1) is 0 Å². The lowest BCUT2D eigenvalue weighted by molar-refractivity contribution is -0.150. The molecule has 0 radical (unpaired) electrons. The number of benzene rings is 2. The van der Waals surface area contributed by atoms with Crippen molar-refractivity contribution >= 4 is 34.3 Å².